The highest BCUT2D eigenvalue weighted by Crippen LogP contribution is 2.40. The van der Waals surface area contributed by atoms with Crippen LogP contribution in [0.25, 0.3) is 0 Å². The second-order valence-corrected chi connectivity index (χ2v) is 7.18. The fourth-order valence-corrected chi connectivity index (χ4v) is 3.63. The van der Waals surface area contributed by atoms with Gasteiger partial charge in [0.2, 0.25) is 11.7 Å². The molecule has 0 aromatic heterocycles. The van der Waals surface area contributed by atoms with E-state index >= 15 is 0 Å². The van der Waals surface area contributed by atoms with Gasteiger partial charge in [0.05, 0.1) is 13.5 Å². The summed E-state index contributed by atoms with van der Waals surface area (Å²) in [6.45, 7) is 2.63. The second-order valence-electron chi connectivity index (χ2n) is 7.18. The van der Waals surface area contributed by atoms with E-state index in [0.29, 0.717) is 62.2 Å². The van der Waals surface area contributed by atoms with E-state index in [-0.39, 0.29) is 24.1 Å². The normalized spacial score (nSPS) is 15.7. The van der Waals surface area contributed by atoms with Crippen molar-refractivity contribution in [3.63, 3.8) is 0 Å². The van der Waals surface area contributed by atoms with E-state index in [1.807, 2.05) is 0 Å². The summed E-state index contributed by atoms with van der Waals surface area (Å²) in [7, 11) is 1.52. The van der Waals surface area contributed by atoms with Gasteiger partial charge in [-0.25, -0.2) is 4.39 Å². The molecule has 0 aliphatic carbocycles. The molecule has 30 heavy (non-hydrogen) atoms. The quantitative estimate of drug-likeness (QED) is 0.767. The predicted octanol–water partition coefficient (Wildman–Crippen LogP) is 2.13. The van der Waals surface area contributed by atoms with Gasteiger partial charge in [-0.15, -0.1) is 0 Å². The monoisotopic (exact) mass is 414 g/mol. The summed E-state index contributed by atoms with van der Waals surface area (Å²) >= 11 is 0. The first-order valence-electron chi connectivity index (χ1n) is 9.84. The van der Waals surface area contributed by atoms with Gasteiger partial charge in [-0.05, 0) is 29.8 Å². The van der Waals surface area contributed by atoms with Gasteiger partial charge in [0.25, 0.3) is 5.91 Å². The Morgan fingerprint density at radius 3 is 2.37 bits per heavy atom. The van der Waals surface area contributed by atoms with Crippen molar-refractivity contribution in [1.82, 2.24) is 9.80 Å². The Kier molecular flexibility index (Phi) is 5.74. The molecule has 2 heterocycles. The van der Waals surface area contributed by atoms with Crippen molar-refractivity contribution in [2.45, 2.75) is 6.42 Å². The molecule has 0 spiro atoms. The third-order valence-corrected chi connectivity index (χ3v) is 5.26. The van der Waals surface area contributed by atoms with Gasteiger partial charge in [-0.1, -0.05) is 12.1 Å². The van der Waals surface area contributed by atoms with Crippen molar-refractivity contribution < 1.29 is 28.2 Å². The third kappa shape index (κ3) is 4.17. The number of nitrogens with zero attached hydrogens (tertiary/aromatic N) is 2. The molecular formula is C22H23FN2O5. The molecule has 0 saturated carbocycles. The Labute approximate surface area is 173 Å². The van der Waals surface area contributed by atoms with E-state index in [9.17, 15) is 14.0 Å². The number of carbonyl (C=O) groups is 2. The highest BCUT2D eigenvalue weighted by atomic mass is 19.1. The zero-order valence-electron chi connectivity index (χ0n) is 16.7. The van der Waals surface area contributed by atoms with Crippen molar-refractivity contribution in [1.29, 1.82) is 0 Å². The van der Waals surface area contributed by atoms with E-state index in [1.54, 1.807) is 34.1 Å². The standard InChI is InChI=1S/C22H23FN2O5/c1-28-18-13-16(14-19-21(18)30-11-10-29-19)22(27)25-8-6-24(7-9-25)20(26)12-15-2-4-17(23)5-3-15/h2-5,13-14H,6-12H2,1H3. The fourth-order valence-electron chi connectivity index (χ4n) is 3.63. The Balaban J connectivity index is 1.38. The van der Waals surface area contributed by atoms with E-state index < -0.39 is 0 Å². The average Bonchev–Trinajstić information content (AvgIpc) is 2.79. The molecular weight excluding hydrogens is 391 g/mol. The molecule has 4 rings (SSSR count). The number of piperazine rings is 1. The van der Waals surface area contributed by atoms with Gasteiger partial charge in [-0.3, -0.25) is 9.59 Å². The Morgan fingerprint density at radius 1 is 1.00 bits per heavy atom. The Hall–Kier alpha value is -3.29. The SMILES string of the molecule is COc1cc(C(=O)N2CCN(C(=O)Cc3ccc(F)cc3)CC2)cc2c1OCCO2. The number of hydrogen-bond donors (Lipinski definition) is 0. The number of carbonyl (C=O) groups excluding carboxylic acids is 2. The molecule has 2 aliphatic heterocycles. The lowest BCUT2D eigenvalue weighted by Crippen LogP contribution is -2.51. The number of amides is 2. The molecule has 1 saturated heterocycles. The Morgan fingerprint density at radius 2 is 1.67 bits per heavy atom. The van der Waals surface area contributed by atoms with Crippen LogP contribution < -0.4 is 14.2 Å². The molecule has 1 fully saturated rings. The van der Waals surface area contributed by atoms with Gasteiger partial charge in [0.15, 0.2) is 11.5 Å². The average molecular weight is 414 g/mol. The van der Waals surface area contributed by atoms with E-state index in [4.69, 9.17) is 14.2 Å². The maximum Gasteiger partial charge on any atom is 0.254 e. The van der Waals surface area contributed by atoms with Gasteiger partial charge in [0.1, 0.15) is 19.0 Å². The van der Waals surface area contributed by atoms with Crippen LogP contribution in [0.5, 0.6) is 17.2 Å². The van der Waals surface area contributed by atoms with Gasteiger partial charge >= 0.3 is 0 Å². The van der Waals surface area contributed by atoms with Crippen LogP contribution in [0.4, 0.5) is 4.39 Å². The summed E-state index contributed by atoms with van der Waals surface area (Å²) in [4.78, 5) is 29.0. The summed E-state index contributed by atoms with van der Waals surface area (Å²) in [6.07, 6.45) is 0.216. The van der Waals surface area contributed by atoms with Crippen LogP contribution in [0.15, 0.2) is 36.4 Å². The summed E-state index contributed by atoms with van der Waals surface area (Å²) in [5.74, 6) is 0.969. The van der Waals surface area contributed by atoms with Gasteiger partial charge < -0.3 is 24.0 Å². The lowest BCUT2D eigenvalue weighted by atomic mass is 10.1. The van der Waals surface area contributed by atoms with Crippen LogP contribution in [0.2, 0.25) is 0 Å². The minimum Gasteiger partial charge on any atom is -0.493 e. The first-order valence-corrected chi connectivity index (χ1v) is 9.84. The predicted molar refractivity (Wildman–Crippen MR) is 107 cm³/mol. The summed E-state index contributed by atoms with van der Waals surface area (Å²) in [5, 5.41) is 0. The first kappa shape index (κ1) is 20.0. The zero-order valence-corrected chi connectivity index (χ0v) is 16.7. The summed E-state index contributed by atoms with van der Waals surface area (Å²) < 4.78 is 29.6. The van der Waals surface area contributed by atoms with E-state index in [2.05, 4.69) is 0 Å². The highest BCUT2D eigenvalue weighted by Gasteiger charge is 2.27. The van der Waals surface area contributed by atoms with Crippen LogP contribution >= 0.6 is 0 Å². The van der Waals surface area contributed by atoms with Crippen molar-refractivity contribution in [2.24, 2.45) is 0 Å². The first-order chi connectivity index (χ1) is 14.5. The molecule has 7 nitrogen and oxygen atoms in total. The summed E-state index contributed by atoms with van der Waals surface area (Å²) in [6, 6.07) is 9.25. The van der Waals surface area contributed by atoms with Crippen LogP contribution in [0, 0.1) is 5.82 Å². The van der Waals surface area contributed by atoms with Crippen molar-refractivity contribution in [3.05, 3.63) is 53.3 Å². The topological polar surface area (TPSA) is 68.3 Å². The van der Waals surface area contributed by atoms with Crippen molar-refractivity contribution >= 4 is 11.8 Å². The number of methoxy groups -OCH3 is 1. The smallest absolute Gasteiger partial charge is 0.254 e. The second kappa shape index (κ2) is 8.61. The van der Waals surface area contributed by atoms with Gasteiger partial charge in [0, 0.05) is 31.7 Å². The highest BCUT2D eigenvalue weighted by molar-refractivity contribution is 5.96. The Bertz CT molecular complexity index is 922. The van der Waals surface area contributed by atoms with Crippen LogP contribution in [-0.4, -0.2) is 68.1 Å². The summed E-state index contributed by atoms with van der Waals surface area (Å²) in [5.41, 5.74) is 1.23. The lowest BCUT2D eigenvalue weighted by Gasteiger charge is -2.35. The number of hydrogen-bond acceptors (Lipinski definition) is 5. The molecule has 2 aromatic rings. The fraction of sp³-hybridized carbons (Fsp3) is 0.364. The lowest BCUT2D eigenvalue weighted by molar-refractivity contribution is -0.131. The molecule has 0 bridgehead atoms. The number of rotatable bonds is 4. The van der Waals surface area contributed by atoms with Crippen LogP contribution in [0.1, 0.15) is 15.9 Å². The minimum absolute atomic E-state index is 0.0327. The van der Waals surface area contributed by atoms with Gasteiger partial charge in [-0.2, -0.15) is 0 Å². The molecule has 2 aromatic carbocycles. The molecule has 0 unspecified atom stereocenters. The third-order valence-electron chi connectivity index (χ3n) is 5.26. The molecule has 8 heteroatoms. The molecule has 2 amide bonds. The number of ether oxygens (including phenoxy) is 3. The number of halogens is 1. The van der Waals surface area contributed by atoms with E-state index in [0.717, 1.165) is 5.56 Å². The molecule has 0 N–H and O–H groups in total. The number of fused-ring (bicyclic) bond motifs is 1. The molecule has 0 radical (unpaired) electrons. The van der Waals surface area contributed by atoms with Crippen molar-refractivity contribution in [2.75, 3.05) is 46.5 Å². The van der Waals surface area contributed by atoms with Crippen molar-refractivity contribution in [3.8, 4) is 17.2 Å². The zero-order chi connectivity index (χ0) is 21.1. The van der Waals surface area contributed by atoms with Crippen LogP contribution in [0.3, 0.4) is 0 Å². The molecule has 0 atom stereocenters. The maximum absolute atomic E-state index is 13.0. The number of benzene rings is 2. The largest absolute Gasteiger partial charge is 0.493 e. The van der Waals surface area contributed by atoms with Crippen LogP contribution in [-0.2, 0) is 11.2 Å². The maximum atomic E-state index is 13.0. The van der Waals surface area contributed by atoms with E-state index in [1.165, 1.54) is 19.2 Å². The minimum atomic E-state index is -0.325. The molecule has 2 aliphatic rings. The molecule has 158 valence electrons.